The number of esters is 2. The zero-order valence-corrected chi connectivity index (χ0v) is 25.2. The van der Waals surface area contributed by atoms with E-state index in [1.807, 2.05) is 48.5 Å². The monoisotopic (exact) mass is 605 g/mol. The lowest BCUT2D eigenvalue weighted by molar-refractivity contribution is -0.132. The third-order valence-electron chi connectivity index (χ3n) is 7.01. The maximum atomic E-state index is 13.4. The molecule has 0 atom stereocenters. The van der Waals surface area contributed by atoms with Crippen LogP contribution >= 0.6 is 0 Å². The van der Waals surface area contributed by atoms with Gasteiger partial charge in [-0.1, -0.05) is 55.5 Å². The molecule has 0 aliphatic rings. The molecule has 1 aromatic heterocycles. The van der Waals surface area contributed by atoms with Crippen LogP contribution in [0.5, 0.6) is 23.0 Å². The summed E-state index contributed by atoms with van der Waals surface area (Å²) in [7, 11) is 2.84. The van der Waals surface area contributed by atoms with Crippen molar-refractivity contribution in [2.75, 3.05) is 14.2 Å². The van der Waals surface area contributed by atoms with Crippen LogP contribution in [0.2, 0.25) is 0 Å². The fraction of sp³-hybridized carbons (Fsp3) is 0.143. The van der Waals surface area contributed by atoms with Crippen LogP contribution in [0.1, 0.15) is 45.8 Å². The first-order chi connectivity index (χ1) is 21.8. The van der Waals surface area contributed by atoms with Gasteiger partial charge in [0.25, 0.3) is 5.91 Å². The highest BCUT2D eigenvalue weighted by Crippen LogP contribution is 2.35. The average molecular weight is 606 g/mol. The summed E-state index contributed by atoms with van der Waals surface area (Å²) in [6.45, 7) is 3.34. The van der Waals surface area contributed by atoms with Gasteiger partial charge in [-0.25, -0.2) is 10.2 Å². The van der Waals surface area contributed by atoms with Gasteiger partial charge in [-0.05, 0) is 59.5 Å². The average Bonchev–Trinajstić information content (AvgIpc) is 3.45. The van der Waals surface area contributed by atoms with Crippen molar-refractivity contribution in [1.82, 2.24) is 10.4 Å². The number of aromatic nitrogens is 1. The van der Waals surface area contributed by atoms with E-state index in [0.29, 0.717) is 11.3 Å². The molecular weight excluding hydrogens is 574 g/mol. The summed E-state index contributed by atoms with van der Waals surface area (Å²) in [4.78, 5) is 40.9. The first kappa shape index (κ1) is 30.6. The number of amides is 1. The van der Waals surface area contributed by atoms with Crippen molar-refractivity contribution in [2.45, 2.75) is 20.3 Å². The summed E-state index contributed by atoms with van der Waals surface area (Å²) >= 11 is 0. The molecule has 0 spiro atoms. The number of methoxy groups -OCH3 is 2. The normalized spacial score (nSPS) is 10.9. The lowest BCUT2D eigenvalue weighted by Gasteiger charge is -2.12. The number of hydrogen-bond acceptors (Lipinski definition) is 8. The molecule has 0 saturated carbocycles. The topological polar surface area (TPSA) is 128 Å². The second kappa shape index (κ2) is 13.6. The van der Waals surface area contributed by atoms with Crippen LogP contribution < -0.4 is 24.4 Å². The molecule has 0 radical (unpaired) electrons. The maximum absolute atomic E-state index is 13.4. The Morgan fingerprint density at radius 2 is 1.53 bits per heavy atom. The van der Waals surface area contributed by atoms with E-state index in [-0.39, 0.29) is 28.6 Å². The van der Waals surface area contributed by atoms with Crippen LogP contribution in [-0.4, -0.2) is 43.3 Å². The number of aryl methyl sites for hydroxylation is 1. The molecular formula is C35H31N3O7. The summed E-state index contributed by atoms with van der Waals surface area (Å²) in [5, 5.41) is 5.13. The molecule has 1 amide bonds. The van der Waals surface area contributed by atoms with Crippen molar-refractivity contribution in [2.24, 2.45) is 5.10 Å². The molecule has 10 heteroatoms. The van der Waals surface area contributed by atoms with Crippen LogP contribution in [-0.2, 0) is 11.2 Å². The SMILES string of the molecule is CCc1cccc2c(-c3ccccc3)c(C(=O)NN=Cc3ccc(OC(=O)c4ccc(OC(C)=O)c(OC)c4)c(OC)c3)[nH]c12. The van der Waals surface area contributed by atoms with Crippen LogP contribution in [0.25, 0.3) is 22.0 Å². The molecule has 5 rings (SSSR count). The van der Waals surface area contributed by atoms with Crippen molar-refractivity contribution in [1.29, 1.82) is 0 Å². The van der Waals surface area contributed by atoms with Gasteiger partial charge in [-0.3, -0.25) is 9.59 Å². The third-order valence-corrected chi connectivity index (χ3v) is 7.01. The summed E-state index contributed by atoms with van der Waals surface area (Å²) in [5.41, 5.74) is 7.54. The molecule has 228 valence electrons. The minimum absolute atomic E-state index is 0.170. The van der Waals surface area contributed by atoms with Crippen molar-refractivity contribution >= 4 is 35.0 Å². The molecule has 0 bridgehead atoms. The van der Waals surface area contributed by atoms with Crippen LogP contribution in [0, 0.1) is 0 Å². The summed E-state index contributed by atoms with van der Waals surface area (Å²) in [6.07, 6.45) is 2.28. The number of H-pyrrole nitrogens is 1. The lowest BCUT2D eigenvalue weighted by Crippen LogP contribution is -2.19. The summed E-state index contributed by atoms with van der Waals surface area (Å²) in [6, 6.07) is 24.9. The number of carbonyl (C=O) groups is 3. The predicted molar refractivity (Wildman–Crippen MR) is 170 cm³/mol. The van der Waals surface area contributed by atoms with E-state index in [4.69, 9.17) is 18.9 Å². The Hall–Kier alpha value is -5.90. The number of aromatic amines is 1. The van der Waals surface area contributed by atoms with Gasteiger partial charge in [0.15, 0.2) is 23.0 Å². The second-order valence-corrected chi connectivity index (χ2v) is 9.89. The second-order valence-electron chi connectivity index (χ2n) is 9.89. The third kappa shape index (κ3) is 6.70. The fourth-order valence-corrected chi connectivity index (χ4v) is 4.91. The Morgan fingerprint density at radius 3 is 2.24 bits per heavy atom. The largest absolute Gasteiger partial charge is 0.493 e. The van der Waals surface area contributed by atoms with Gasteiger partial charge in [-0.15, -0.1) is 0 Å². The number of para-hydroxylation sites is 1. The molecule has 0 aliphatic heterocycles. The van der Waals surface area contributed by atoms with Crippen molar-refractivity contribution in [3.05, 3.63) is 107 Å². The number of hydrazone groups is 1. The van der Waals surface area contributed by atoms with E-state index in [0.717, 1.165) is 34.0 Å². The zero-order valence-electron chi connectivity index (χ0n) is 25.2. The smallest absolute Gasteiger partial charge is 0.343 e. The van der Waals surface area contributed by atoms with E-state index < -0.39 is 17.8 Å². The van der Waals surface area contributed by atoms with Crippen molar-refractivity contribution in [3.8, 4) is 34.1 Å². The Balaban J connectivity index is 1.33. The van der Waals surface area contributed by atoms with Gasteiger partial charge >= 0.3 is 11.9 Å². The number of nitrogens with zero attached hydrogens (tertiary/aromatic N) is 1. The fourth-order valence-electron chi connectivity index (χ4n) is 4.91. The Labute approximate surface area is 259 Å². The van der Waals surface area contributed by atoms with E-state index in [1.165, 1.54) is 45.6 Å². The Morgan fingerprint density at radius 1 is 0.822 bits per heavy atom. The molecule has 1 heterocycles. The van der Waals surface area contributed by atoms with Gasteiger partial charge in [0, 0.05) is 23.4 Å². The van der Waals surface area contributed by atoms with Crippen molar-refractivity contribution in [3.63, 3.8) is 0 Å². The van der Waals surface area contributed by atoms with Gasteiger partial charge in [0.05, 0.1) is 26.0 Å². The highest BCUT2D eigenvalue weighted by atomic mass is 16.6. The summed E-state index contributed by atoms with van der Waals surface area (Å²) in [5.74, 6) is -0.752. The highest BCUT2D eigenvalue weighted by molar-refractivity contribution is 6.10. The molecule has 0 unspecified atom stereocenters. The molecule has 2 N–H and O–H groups in total. The molecule has 0 saturated heterocycles. The Bertz CT molecular complexity index is 1910. The van der Waals surface area contributed by atoms with Gasteiger partial charge in [0.1, 0.15) is 5.69 Å². The number of carbonyl (C=O) groups excluding carboxylic acids is 3. The van der Waals surface area contributed by atoms with Crippen molar-refractivity contribution < 1.29 is 33.3 Å². The molecule has 5 aromatic rings. The summed E-state index contributed by atoms with van der Waals surface area (Å²) < 4.78 is 21.3. The van der Waals surface area contributed by atoms with Gasteiger partial charge in [-0.2, -0.15) is 5.10 Å². The van der Waals surface area contributed by atoms with E-state index in [2.05, 4.69) is 22.4 Å². The van der Waals surface area contributed by atoms with E-state index >= 15 is 0 Å². The zero-order chi connectivity index (χ0) is 31.9. The first-order valence-corrected chi connectivity index (χ1v) is 14.1. The minimum Gasteiger partial charge on any atom is -0.493 e. The minimum atomic E-state index is -0.673. The molecule has 45 heavy (non-hydrogen) atoms. The number of rotatable bonds is 10. The number of fused-ring (bicyclic) bond motifs is 1. The molecule has 0 fully saturated rings. The number of nitrogens with one attached hydrogen (secondary N) is 2. The Kier molecular flexibility index (Phi) is 9.23. The highest BCUT2D eigenvalue weighted by Gasteiger charge is 2.20. The van der Waals surface area contributed by atoms with E-state index in [1.54, 1.807) is 18.2 Å². The van der Waals surface area contributed by atoms with E-state index in [9.17, 15) is 14.4 Å². The standard InChI is InChI=1S/C35H31N3O7/c1-5-23-12-9-13-26-31(24-10-7-6-8-11-24)33(37-32(23)26)34(40)38-36-20-22-14-16-28(29(18-22)42-3)45-35(41)25-15-17-27(44-21(2)39)30(19-25)43-4/h6-20,37H,5H2,1-4H3,(H,38,40). The lowest BCUT2D eigenvalue weighted by atomic mass is 10.00. The van der Waals surface area contributed by atoms with Crippen LogP contribution in [0.3, 0.4) is 0 Å². The van der Waals surface area contributed by atoms with Gasteiger partial charge < -0.3 is 23.9 Å². The number of hydrogen-bond donors (Lipinski definition) is 2. The van der Waals surface area contributed by atoms with Crippen LogP contribution in [0.4, 0.5) is 0 Å². The molecule has 0 aliphatic carbocycles. The quantitative estimate of drug-likeness (QED) is 0.0825. The predicted octanol–water partition coefficient (Wildman–Crippen LogP) is 6.32. The number of ether oxygens (including phenoxy) is 4. The van der Waals surface area contributed by atoms with Crippen LogP contribution in [0.15, 0.2) is 90.0 Å². The van der Waals surface area contributed by atoms with Gasteiger partial charge in [0.2, 0.25) is 0 Å². The molecule has 10 nitrogen and oxygen atoms in total. The molecule has 4 aromatic carbocycles. The first-order valence-electron chi connectivity index (χ1n) is 14.1. The maximum Gasteiger partial charge on any atom is 0.343 e. The number of benzene rings is 4.